The molecule has 1 fully saturated rings. The lowest BCUT2D eigenvalue weighted by Gasteiger charge is -2.43. The van der Waals surface area contributed by atoms with E-state index >= 15 is 0 Å². The number of likely N-dealkylation sites (tertiary alicyclic amines) is 1. The highest BCUT2D eigenvalue weighted by Gasteiger charge is 2.30. The van der Waals surface area contributed by atoms with Crippen LogP contribution in [0.5, 0.6) is 5.75 Å². The van der Waals surface area contributed by atoms with Crippen LogP contribution in [0.1, 0.15) is 44.0 Å². The maximum absolute atomic E-state index is 13.7. The molecule has 0 spiro atoms. The predicted octanol–water partition coefficient (Wildman–Crippen LogP) is 3.07. The van der Waals surface area contributed by atoms with Crippen LogP contribution in [0.2, 0.25) is 0 Å². The minimum atomic E-state index is -0.524. The van der Waals surface area contributed by atoms with Crippen LogP contribution in [0.3, 0.4) is 0 Å². The number of hydrogen-bond donors (Lipinski definition) is 1. The highest BCUT2D eigenvalue weighted by Crippen LogP contribution is 2.23. The Morgan fingerprint density at radius 3 is 2.83 bits per heavy atom. The fraction of sp³-hybridized carbons (Fsp3) is 0.611. The average Bonchev–Trinajstić information content (AvgIpc) is 2.52. The van der Waals surface area contributed by atoms with Gasteiger partial charge in [-0.05, 0) is 57.4 Å². The van der Waals surface area contributed by atoms with Gasteiger partial charge in [-0.15, -0.1) is 0 Å². The Labute approximate surface area is 138 Å². The molecule has 128 valence electrons. The van der Waals surface area contributed by atoms with Crippen LogP contribution in [-0.4, -0.2) is 43.1 Å². The zero-order chi connectivity index (χ0) is 17.0. The van der Waals surface area contributed by atoms with Gasteiger partial charge < -0.3 is 10.1 Å². The maximum atomic E-state index is 13.7. The first kappa shape index (κ1) is 17.7. The zero-order valence-electron chi connectivity index (χ0n) is 14.5. The minimum absolute atomic E-state index is 0.116. The average molecular weight is 322 g/mol. The molecule has 1 N–H and O–H groups in total. The molecule has 1 atom stereocenters. The van der Waals surface area contributed by atoms with Crippen molar-refractivity contribution >= 4 is 5.91 Å². The molecule has 0 aliphatic carbocycles. The number of halogens is 1. The summed E-state index contributed by atoms with van der Waals surface area (Å²) < 4.78 is 18.6. The van der Waals surface area contributed by atoms with Gasteiger partial charge in [0.1, 0.15) is 0 Å². The van der Waals surface area contributed by atoms with Gasteiger partial charge in [0.2, 0.25) is 0 Å². The van der Waals surface area contributed by atoms with E-state index in [4.69, 9.17) is 4.74 Å². The third-order valence-electron chi connectivity index (χ3n) is 4.61. The number of nitrogens with zero attached hydrogens (tertiary/aromatic N) is 1. The van der Waals surface area contributed by atoms with Crippen molar-refractivity contribution in [3.05, 3.63) is 29.6 Å². The summed E-state index contributed by atoms with van der Waals surface area (Å²) in [5.41, 5.74) is 0.195. The van der Waals surface area contributed by atoms with E-state index < -0.39 is 5.82 Å². The molecule has 4 nitrogen and oxygen atoms in total. The second-order valence-corrected chi connectivity index (χ2v) is 7.04. The second-order valence-electron chi connectivity index (χ2n) is 7.04. The summed E-state index contributed by atoms with van der Waals surface area (Å²) in [4.78, 5) is 14.7. The summed E-state index contributed by atoms with van der Waals surface area (Å²) >= 11 is 0. The Morgan fingerprint density at radius 2 is 2.22 bits per heavy atom. The number of nitrogens with one attached hydrogen (secondary N) is 1. The van der Waals surface area contributed by atoms with E-state index in [9.17, 15) is 9.18 Å². The number of rotatable bonds is 5. The van der Waals surface area contributed by atoms with E-state index in [0.29, 0.717) is 18.0 Å². The molecule has 1 heterocycles. The molecular weight excluding hydrogens is 295 g/mol. The normalized spacial score (nSPS) is 19.4. The Balaban J connectivity index is 1.96. The number of methoxy groups -OCH3 is 1. The maximum Gasteiger partial charge on any atom is 0.251 e. The first-order chi connectivity index (χ1) is 10.8. The molecule has 0 radical (unpaired) electrons. The van der Waals surface area contributed by atoms with Crippen LogP contribution >= 0.6 is 0 Å². The molecule has 1 aliphatic rings. The van der Waals surface area contributed by atoms with Crippen LogP contribution in [0.15, 0.2) is 18.2 Å². The summed E-state index contributed by atoms with van der Waals surface area (Å²) in [5.74, 6) is 0.0487. The summed E-state index contributed by atoms with van der Waals surface area (Å²) in [5, 5.41) is 2.93. The fourth-order valence-electron chi connectivity index (χ4n) is 3.06. The number of ether oxygens (including phenoxy) is 1. The Bertz CT molecular complexity index is 560. The van der Waals surface area contributed by atoms with E-state index in [1.54, 1.807) is 6.07 Å². The molecule has 1 aliphatic heterocycles. The van der Waals surface area contributed by atoms with Gasteiger partial charge >= 0.3 is 0 Å². The molecule has 0 aromatic heterocycles. The van der Waals surface area contributed by atoms with E-state index in [-0.39, 0.29) is 17.2 Å². The first-order valence-corrected chi connectivity index (χ1v) is 8.20. The van der Waals surface area contributed by atoms with Crippen molar-refractivity contribution in [1.29, 1.82) is 0 Å². The molecule has 5 heteroatoms. The topological polar surface area (TPSA) is 41.6 Å². The molecule has 1 saturated heterocycles. The molecule has 0 saturated carbocycles. The van der Waals surface area contributed by atoms with Gasteiger partial charge in [0.05, 0.1) is 7.11 Å². The third-order valence-corrected chi connectivity index (χ3v) is 4.61. The molecule has 1 unspecified atom stereocenters. The van der Waals surface area contributed by atoms with Crippen LogP contribution in [-0.2, 0) is 0 Å². The van der Waals surface area contributed by atoms with Crippen molar-refractivity contribution < 1.29 is 13.9 Å². The smallest absolute Gasteiger partial charge is 0.251 e. The predicted molar refractivity (Wildman–Crippen MR) is 89.3 cm³/mol. The number of carbonyl (C=O) groups excluding carboxylic acids is 1. The molecular formula is C18H27FN2O2. The quantitative estimate of drug-likeness (QED) is 0.906. The van der Waals surface area contributed by atoms with E-state index in [2.05, 4.69) is 31.0 Å². The number of benzene rings is 1. The van der Waals surface area contributed by atoms with Crippen LogP contribution in [0.25, 0.3) is 0 Å². The van der Waals surface area contributed by atoms with E-state index in [1.807, 2.05) is 0 Å². The third kappa shape index (κ3) is 4.44. The summed E-state index contributed by atoms with van der Waals surface area (Å²) in [7, 11) is 1.40. The van der Waals surface area contributed by atoms with E-state index in [0.717, 1.165) is 13.1 Å². The lowest BCUT2D eigenvalue weighted by molar-refractivity contribution is 0.0657. The molecule has 0 bridgehead atoms. The van der Waals surface area contributed by atoms with Crippen LogP contribution in [0.4, 0.5) is 4.39 Å². The van der Waals surface area contributed by atoms with Crippen LogP contribution < -0.4 is 10.1 Å². The lowest BCUT2D eigenvalue weighted by atomic mass is 9.93. The highest BCUT2D eigenvalue weighted by atomic mass is 19.1. The van der Waals surface area contributed by atoms with Gasteiger partial charge in [-0.2, -0.15) is 0 Å². The molecule has 1 amide bonds. The van der Waals surface area contributed by atoms with Gasteiger partial charge in [0.25, 0.3) is 5.91 Å². The SMILES string of the molecule is COc1ccc(C(=O)NCC(C)(C)N2CCCC(C)C2)cc1F. The molecule has 2 rings (SSSR count). The fourth-order valence-corrected chi connectivity index (χ4v) is 3.06. The Kier molecular flexibility index (Phi) is 5.63. The molecule has 1 aromatic rings. The molecule has 23 heavy (non-hydrogen) atoms. The van der Waals surface area contributed by atoms with Gasteiger partial charge in [-0.3, -0.25) is 9.69 Å². The van der Waals surface area contributed by atoms with Gasteiger partial charge in [0, 0.05) is 24.2 Å². The van der Waals surface area contributed by atoms with Gasteiger partial charge in [0.15, 0.2) is 11.6 Å². The van der Waals surface area contributed by atoms with Gasteiger partial charge in [-0.25, -0.2) is 4.39 Å². The number of hydrogen-bond acceptors (Lipinski definition) is 3. The van der Waals surface area contributed by atoms with E-state index in [1.165, 1.54) is 32.1 Å². The van der Waals surface area contributed by atoms with Crippen molar-refractivity contribution in [2.75, 3.05) is 26.7 Å². The van der Waals surface area contributed by atoms with Crippen molar-refractivity contribution in [3.8, 4) is 5.75 Å². The van der Waals surface area contributed by atoms with Crippen molar-refractivity contribution in [1.82, 2.24) is 10.2 Å². The lowest BCUT2D eigenvalue weighted by Crippen LogP contribution is -2.54. The Morgan fingerprint density at radius 1 is 1.48 bits per heavy atom. The van der Waals surface area contributed by atoms with Crippen molar-refractivity contribution in [2.24, 2.45) is 5.92 Å². The van der Waals surface area contributed by atoms with Gasteiger partial charge in [-0.1, -0.05) is 6.92 Å². The minimum Gasteiger partial charge on any atom is -0.494 e. The largest absolute Gasteiger partial charge is 0.494 e. The summed E-state index contributed by atoms with van der Waals surface area (Å²) in [6.07, 6.45) is 2.46. The number of amides is 1. The highest BCUT2D eigenvalue weighted by molar-refractivity contribution is 5.94. The number of carbonyl (C=O) groups is 1. The standard InChI is InChI=1S/C18H27FN2O2/c1-13-6-5-9-21(11-13)18(2,3)12-20-17(22)14-7-8-16(23-4)15(19)10-14/h7-8,10,13H,5-6,9,11-12H2,1-4H3,(H,20,22). The Hall–Kier alpha value is -1.62. The molecule has 1 aromatic carbocycles. The van der Waals surface area contributed by atoms with Crippen molar-refractivity contribution in [2.45, 2.75) is 39.2 Å². The van der Waals surface area contributed by atoms with Crippen LogP contribution in [0, 0.1) is 11.7 Å². The van der Waals surface area contributed by atoms with Crippen molar-refractivity contribution in [3.63, 3.8) is 0 Å². The first-order valence-electron chi connectivity index (χ1n) is 8.20. The summed E-state index contributed by atoms with van der Waals surface area (Å²) in [6, 6.07) is 4.26. The monoisotopic (exact) mass is 322 g/mol. The zero-order valence-corrected chi connectivity index (χ0v) is 14.5. The number of piperidine rings is 1. The second kappa shape index (κ2) is 7.30. The summed E-state index contributed by atoms with van der Waals surface area (Å²) in [6.45, 7) is 9.19.